The summed E-state index contributed by atoms with van der Waals surface area (Å²) in [6.07, 6.45) is 0. The van der Waals surface area contributed by atoms with E-state index >= 15 is 0 Å². The molecule has 0 bridgehead atoms. The van der Waals surface area contributed by atoms with E-state index in [2.05, 4.69) is 31.0 Å². The number of aromatic nitrogens is 1. The van der Waals surface area contributed by atoms with Crippen molar-refractivity contribution in [1.29, 1.82) is 0 Å². The molecule has 1 aromatic carbocycles. The Morgan fingerprint density at radius 2 is 1.94 bits per heavy atom. The number of hydrogen-bond donors (Lipinski definition) is 1. The summed E-state index contributed by atoms with van der Waals surface area (Å²) in [6, 6.07) is 10.1. The summed E-state index contributed by atoms with van der Waals surface area (Å²) in [4.78, 5) is 5.73. The molecular formula is C13H15NOS. The Hall–Kier alpha value is -1.19. The Bertz CT molecular complexity index is 462. The van der Waals surface area contributed by atoms with E-state index in [1.807, 2.05) is 18.2 Å². The molecule has 2 nitrogen and oxygen atoms in total. The summed E-state index contributed by atoms with van der Waals surface area (Å²) in [5.74, 6) is 0.438. The molecule has 0 saturated carbocycles. The minimum atomic E-state index is 0.0250. The second-order valence-electron chi connectivity index (χ2n) is 4.00. The van der Waals surface area contributed by atoms with Gasteiger partial charge in [0.05, 0.1) is 12.3 Å². The summed E-state index contributed by atoms with van der Waals surface area (Å²) >= 11 is 1.60. The highest BCUT2D eigenvalue weighted by Crippen LogP contribution is 2.33. The van der Waals surface area contributed by atoms with Crippen LogP contribution >= 0.6 is 11.3 Å². The summed E-state index contributed by atoms with van der Waals surface area (Å²) < 4.78 is 0. The van der Waals surface area contributed by atoms with Crippen LogP contribution in [0.4, 0.5) is 0 Å². The molecule has 0 saturated heterocycles. The maximum Gasteiger partial charge on any atom is 0.119 e. The molecule has 84 valence electrons. The largest absolute Gasteiger partial charge is 0.389 e. The van der Waals surface area contributed by atoms with Gasteiger partial charge in [0.25, 0.3) is 0 Å². The number of hydrogen-bond acceptors (Lipinski definition) is 3. The van der Waals surface area contributed by atoms with Crippen LogP contribution in [-0.4, -0.2) is 10.1 Å². The Morgan fingerprint density at radius 1 is 1.25 bits per heavy atom. The Balaban J connectivity index is 2.51. The Kier molecular flexibility index (Phi) is 3.36. The van der Waals surface area contributed by atoms with Crippen LogP contribution < -0.4 is 0 Å². The molecule has 2 rings (SSSR count). The van der Waals surface area contributed by atoms with Crippen molar-refractivity contribution in [2.45, 2.75) is 26.4 Å². The molecule has 0 aliphatic carbocycles. The fourth-order valence-corrected chi connectivity index (χ4v) is 2.59. The van der Waals surface area contributed by atoms with Gasteiger partial charge in [-0.25, -0.2) is 4.98 Å². The number of rotatable bonds is 3. The lowest BCUT2D eigenvalue weighted by Gasteiger charge is -2.04. The third-order valence-electron chi connectivity index (χ3n) is 2.40. The van der Waals surface area contributed by atoms with Crippen LogP contribution in [-0.2, 0) is 6.61 Å². The summed E-state index contributed by atoms with van der Waals surface area (Å²) in [5.41, 5.74) is 2.15. The van der Waals surface area contributed by atoms with E-state index in [1.165, 1.54) is 4.88 Å². The first-order valence-electron chi connectivity index (χ1n) is 5.38. The highest BCUT2D eigenvalue weighted by molar-refractivity contribution is 7.12. The Labute approximate surface area is 99.6 Å². The molecule has 1 aromatic heterocycles. The zero-order valence-corrected chi connectivity index (χ0v) is 10.3. The van der Waals surface area contributed by atoms with Gasteiger partial charge in [-0.1, -0.05) is 44.2 Å². The summed E-state index contributed by atoms with van der Waals surface area (Å²) in [6.45, 7) is 4.33. The molecule has 2 aromatic rings. The van der Waals surface area contributed by atoms with Crippen LogP contribution in [0.5, 0.6) is 0 Å². The third-order valence-corrected chi connectivity index (χ3v) is 3.75. The van der Waals surface area contributed by atoms with Gasteiger partial charge in [-0.2, -0.15) is 0 Å². The topological polar surface area (TPSA) is 33.1 Å². The van der Waals surface area contributed by atoms with Gasteiger partial charge in [-0.3, -0.25) is 0 Å². The third kappa shape index (κ3) is 2.15. The first-order chi connectivity index (χ1) is 7.72. The van der Waals surface area contributed by atoms with Crippen molar-refractivity contribution in [3.63, 3.8) is 0 Å². The second-order valence-corrected chi connectivity index (χ2v) is 5.11. The van der Waals surface area contributed by atoms with Gasteiger partial charge in [0.15, 0.2) is 0 Å². The fourth-order valence-electron chi connectivity index (χ4n) is 1.64. The lowest BCUT2D eigenvalue weighted by molar-refractivity contribution is 0.281. The minimum Gasteiger partial charge on any atom is -0.389 e. The van der Waals surface area contributed by atoms with Gasteiger partial charge in [-0.05, 0) is 5.92 Å². The normalized spacial score (nSPS) is 11.0. The van der Waals surface area contributed by atoms with Crippen molar-refractivity contribution in [3.8, 4) is 11.3 Å². The van der Waals surface area contributed by atoms with E-state index in [0.717, 1.165) is 16.3 Å². The van der Waals surface area contributed by atoms with Crippen LogP contribution in [0.25, 0.3) is 11.3 Å². The van der Waals surface area contributed by atoms with E-state index in [4.69, 9.17) is 5.11 Å². The predicted octanol–water partition coefficient (Wildman–Crippen LogP) is 3.43. The standard InChI is InChI=1S/C13H15NOS/c1-9(2)13-12(14-11(8-15)16-13)10-6-4-3-5-7-10/h3-7,9,15H,8H2,1-2H3. The molecule has 1 heterocycles. The van der Waals surface area contributed by atoms with Gasteiger partial charge in [0, 0.05) is 10.4 Å². The van der Waals surface area contributed by atoms with Crippen LogP contribution in [0.15, 0.2) is 30.3 Å². The van der Waals surface area contributed by atoms with Crippen molar-refractivity contribution >= 4 is 11.3 Å². The number of aliphatic hydroxyl groups excluding tert-OH is 1. The lowest BCUT2D eigenvalue weighted by atomic mass is 10.1. The van der Waals surface area contributed by atoms with Gasteiger partial charge >= 0.3 is 0 Å². The molecule has 3 heteroatoms. The van der Waals surface area contributed by atoms with E-state index in [-0.39, 0.29) is 6.61 Å². The zero-order chi connectivity index (χ0) is 11.5. The zero-order valence-electron chi connectivity index (χ0n) is 9.47. The van der Waals surface area contributed by atoms with E-state index in [1.54, 1.807) is 11.3 Å². The van der Waals surface area contributed by atoms with Gasteiger partial charge in [0.1, 0.15) is 5.01 Å². The molecule has 0 atom stereocenters. The Morgan fingerprint density at radius 3 is 2.50 bits per heavy atom. The number of nitrogens with zero attached hydrogens (tertiary/aromatic N) is 1. The van der Waals surface area contributed by atoms with E-state index in [0.29, 0.717) is 5.92 Å². The van der Waals surface area contributed by atoms with Crippen LogP contribution in [0, 0.1) is 0 Å². The van der Waals surface area contributed by atoms with Crippen molar-refractivity contribution in [1.82, 2.24) is 4.98 Å². The van der Waals surface area contributed by atoms with Gasteiger partial charge in [0.2, 0.25) is 0 Å². The molecule has 16 heavy (non-hydrogen) atoms. The quantitative estimate of drug-likeness (QED) is 0.881. The molecule has 0 unspecified atom stereocenters. The second kappa shape index (κ2) is 4.76. The molecule has 1 N–H and O–H groups in total. The van der Waals surface area contributed by atoms with Crippen molar-refractivity contribution in [3.05, 3.63) is 40.2 Å². The highest BCUT2D eigenvalue weighted by Gasteiger charge is 2.14. The van der Waals surface area contributed by atoms with Gasteiger partial charge < -0.3 is 5.11 Å². The molecule has 0 spiro atoms. The maximum absolute atomic E-state index is 9.15. The summed E-state index contributed by atoms with van der Waals surface area (Å²) in [5, 5.41) is 9.95. The number of aliphatic hydroxyl groups is 1. The highest BCUT2D eigenvalue weighted by atomic mass is 32.1. The van der Waals surface area contributed by atoms with Gasteiger partial charge in [-0.15, -0.1) is 11.3 Å². The number of benzene rings is 1. The maximum atomic E-state index is 9.15. The lowest BCUT2D eigenvalue weighted by Crippen LogP contribution is -1.87. The van der Waals surface area contributed by atoms with Crippen LogP contribution in [0.1, 0.15) is 29.7 Å². The monoisotopic (exact) mass is 233 g/mol. The molecule has 0 fully saturated rings. The fraction of sp³-hybridized carbons (Fsp3) is 0.308. The first-order valence-corrected chi connectivity index (χ1v) is 6.20. The SMILES string of the molecule is CC(C)c1sc(CO)nc1-c1ccccc1. The van der Waals surface area contributed by atoms with Crippen molar-refractivity contribution < 1.29 is 5.11 Å². The first kappa shape index (κ1) is 11.3. The van der Waals surface area contributed by atoms with Crippen molar-refractivity contribution in [2.75, 3.05) is 0 Å². The summed E-state index contributed by atoms with van der Waals surface area (Å²) in [7, 11) is 0. The molecule has 0 amide bonds. The van der Waals surface area contributed by atoms with Crippen LogP contribution in [0.3, 0.4) is 0 Å². The average molecular weight is 233 g/mol. The van der Waals surface area contributed by atoms with Crippen LogP contribution in [0.2, 0.25) is 0 Å². The molecule has 0 radical (unpaired) electrons. The molecular weight excluding hydrogens is 218 g/mol. The molecule has 0 aliphatic heterocycles. The average Bonchev–Trinajstić information content (AvgIpc) is 2.74. The van der Waals surface area contributed by atoms with E-state index < -0.39 is 0 Å². The predicted molar refractivity (Wildman–Crippen MR) is 67.6 cm³/mol. The molecule has 0 aliphatic rings. The number of thiazole rings is 1. The van der Waals surface area contributed by atoms with Crippen molar-refractivity contribution in [2.24, 2.45) is 0 Å². The van der Waals surface area contributed by atoms with E-state index in [9.17, 15) is 0 Å². The minimum absolute atomic E-state index is 0.0250. The smallest absolute Gasteiger partial charge is 0.119 e.